The summed E-state index contributed by atoms with van der Waals surface area (Å²) < 4.78 is 19.0. The first-order chi connectivity index (χ1) is 12.1. The highest BCUT2D eigenvalue weighted by atomic mass is 35.5. The van der Waals surface area contributed by atoms with Crippen molar-refractivity contribution in [2.75, 3.05) is 38.2 Å². The van der Waals surface area contributed by atoms with Gasteiger partial charge in [0.2, 0.25) is 5.28 Å². The van der Waals surface area contributed by atoms with Crippen LogP contribution < -0.4 is 5.32 Å². The van der Waals surface area contributed by atoms with E-state index in [1.54, 1.807) is 12.1 Å². The second-order valence-electron chi connectivity index (χ2n) is 5.87. The summed E-state index contributed by atoms with van der Waals surface area (Å²) in [4.78, 5) is 9.70. The number of hydrogen-bond acceptors (Lipinski definition) is 6. The Morgan fingerprint density at radius 2 is 2.12 bits per heavy atom. The molecule has 2 aromatic rings. The Kier molecular flexibility index (Phi) is 6.01. The van der Waals surface area contributed by atoms with Gasteiger partial charge in [-0.1, -0.05) is 6.07 Å². The van der Waals surface area contributed by atoms with E-state index in [9.17, 15) is 9.50 Å². The first-order valence-corrected chi connectivity index (χ1v) is 8.56. The van der Waals surface area contributed by atoms with E-state index in [-0.39, 0.29) is 16.9 Å². The largest absolute Gasteiger partial charge is 0.506 e. The number of aromatic nitrogens is 2. The first-order valence-electron chi connectivity index (χ1n) is 8.19. The fraction of sp³-hybridized carbons (Fsp3) is 0.412. The smallest absolute Gasteiger partial charge is 0.224 e. The van der Waals surface area contributed by atoms with Crippen LogP contribution >= 0.6 is 11.6 Å². The normalized spacial score (nSPS) is 15.3. The summed E-state index contributed by atoms with van der Waals surface area (Å²) in [5, 5.41) is 12.8. The van der Waals surface area contributed by atoms with Crippen LogP contribution in [0.5, 0.6) is 5.75 Å². The molecule has 0 aliphatic carbocycles. The molecule has 1 aliphatic rings. The van der Waals surface area contributed by atoms with Crippen LogP contribution in [-0.2, 0) is 11.2 Å². The van der Waals surface area contributed by atoms with E-state index < -0.39 is 5.82 Å². The second kappa shape index (κ2) is 8.42. The molecule has 1 saturated heterocycles. The topological polar surface area (TPSA) is 70.5 Å². The van der Waals surface area contributed by atoms with Gasteiger partial charge in [-0.25, -0.2) is 9.37 Å². The van der Waals surface area contributed by atoms with Crippen LogP contribution in [0, 0.1) is 5.82 Å². The van der Waals surface area contributed by atoms with Crippen molar-refractivity contribution >= 4 is 23.1 Å². The fourth-order valence-corrected chi connectivity index (χ4v) is 2.86. The van der Waals surface area contributed by atoms with Gasteiger partial charge in [-0.05, 0) is 48.7 Å². The Morgan fingerprint density at radius 1 is 1.32 bits per heavy atom. The van der Waals surface area contributed by atoms with Gasteiger partial charge < -0.3 is 15.2 Å². The summed E-state index contributed by atoms with van der Waals surface area (Å²) in [6, 6.07) is 5.29. The number of rotatable bonds is 6. The molecule has 0 atom stereocenters. The Labute approximate surface area is 150 Å². The molecular formula is C17H20ClFN4O2. The SMILES string of the molecule is Oc1cc(CCCN2CCOCC2)ccc1Nc1nc(Cl)ncc1F. The van der Waals surface area contributed by atoms with E-state index in [1.165, 1.54) is 0 Å². The number of nitrogens with zero attached hydrogens (tertiary/aromatic N) is 3. The van der Waals surface area contributed by atoms with Gasteiger partial charge >= 0.3 is 0 Å². The molecule has 3 rings (SSSR count). The van der Waals surface area contributed by atoms with Gasteiger partial charge in [-0.15, -0.1) is 0 Å². The van der Waals surface area contributed by atoms with Gasteiger partial charge in [-0.2, -0.15) is 4.98 Å². The van der Waals surface area contributed by atoms with Crippen molar-refractivity contribution < 1.29 is 14.2 Å². The van der Waals surface area contributed by atoms with Gasteiger partial charge in [0.1, 0.15) is 5.75 Å². The number of nitrogens with one attached hydrogen (secondary N) is 1. The van der Waals surface area contributed by atoms with Crippen molar-refractivity contribution in [1.29, 1.82) is 0 Å². The van der Waals surface area contributed by atoms with Crippen molar-refractivity contribution in [1.82, 2.24) is 14.9 Å². The molecular weight excluding hydrogens is 347 g/mol. The number of phenols is 1. The molecule has 6 nitrogen and oxygen atoms in total. The number of morpholine rings is 1. The molecule has 1 fully saturated rings. The molecule has 8 heteroatoms. The summed E-state index contributed by atoms with van der Waals surface area (Å²) in [5.74, 6) is -0.674. The van der Waals surface area contributed by atoms with Crippen LogP contribution in [0.25, 0.3) is 0 Å². The maximum Gasteiger partial charge on any atom is 0.224 e. The zero-order valence-electron chi connectivity index (χ0n) is 13.7. The molecule has 0 bridgehead atoms. The number of phenolic OH excluding ortho intramolecular Hbond substituents is 1. The minimum absolute atomic E-state index is 0.0398. The molecule has 0 spiro atoms. The Bertz CT molecular complexity index is 726. The van der Waals surface area contributed by atoms with Crippen LogP contribution in [0.1, 0.15) is 12.0 Å². The van der Waals surface area contributed by atoms with Crippen LogP contribution in [0.4, 0.5) is 15.9 Å². The summed E-state index contributed by atoms with van der Waals surface area (Å²) in [6.45, 7) is 4.55. The third-order valence-electron chi connectivity index (χ3n) is 4.07. The summed E-state index contributed by atoms with van der Waals surface area (Å²) >= 11 is 5.67. The lowest BCUT2D eigenvalue weighted by atomic mass is 10.1. The van der Waals surface area contributed by atoms with Gasteiger partial charge in [0.15, 0.2) is 11.6 Å². The molecule has 2 heterocycles. The van der Waals surface area contributed by atoms with E-state index in [0.717, 1.165) is 57.4 Å². The third-order valence-corrected chi connectivity index (χ3v) is 4.26. The average Bonchev–Trinajstić information content (AvgIpc) is 2.61. The summed E-state index contributed by atoms with van der Waals surface area (Å²) in [7, 11) is 0. The highest BCUT2D eigenvalue weighted by Crippen LogP contribution is 2.28. The quantitative estimate of drug-likeness (QED) is 0.605. The van der Waals surface area contributed by atoms with Gasteiger partial charge in [0, 0.05) is 13.1 Å². The zero-order chi connectivity index (χ0) is 17.6. The number of aromatic hydroxyl groups is 1. The fourth-order valence-electron chi connectivity index (χ4n) is 2.73. The number of aryl methyl sites for hydroxylation is 1. The Hall–Kier alpha value is -1.96. The van der Waals surface area contributed by atoms with E-state index in [0.29, 0.717) is 5.69 Å². The zero-order valence-corrected chi connectivity index (χ0v) is 14.5. The molecule has 1 aromatic heterocycles. The highest BCUT2D eigenvalue weighted by Gasteiger charge is 2.11. The molecule has 0 radical (unpaired) electrons. The first kappa shape index (κ1) is 17.8. The number of ether oxygens (including phenoxy) is 1. The van der Waals surface area contributed by atoms with Crippen molar-refractivity contribution in [2.45, 2.75) is 12.8 Å². The van der Waals surface area contributed by atoms with E-state index in [1.807, 2.05) is 6.07 Å². The monoisotopic (exact) mass is 366 g/mol. The van der Waals surface area contributed by atoms with Crippen molar-refractivity contribution in [3.63, 3.8) is 0 Å². The number of benzene rings is 1. The average molecular weight is 367 g/mol. The molecule has 0 amide bonds. The lowest BCUT2D eigenvalue weighted by molar-refractivity contribution is 0.0374. The molecule has 0 unspecified atom stereocenters. The van der Waals surface area contributed by atoms with Crippen molar-refractivity contribution in [3.8, 4) is 5.75 Å². The van der Waals surface area contributed by atoms with Crippen LogP contribution in [0.3, 0.4) is 0 Å². The summed E-state index contributed by atoms with van der Waals surface area (Å²) in [5.41, 5.74) is 1.39. The number of anilines is 2. The number of hydrogen-bond donors (Lipinski definition) is 2. The lowest BCUT2D eigenvalue weighted by Crippen LogP contribution is -2.36. The van der Waals surface area contributed by atoms with Crippen LogP contribution in [-0.4, -0.2) is 52.8 Å². The molecule has 25 heavy (non-hydrogen) atoms. The van der Waals surface area contributed by atoms with E-state index in [2.05, 4.69) is 20.2 Å². The maximum absolute atomic E-state index is 13.7. The summed E-state index contributed by atoms with van der Waals surface area (Å²) in [6.07, 6.45) is 2.84. The predicted octanol–water partition coefficient (Wildman–Crippen LogP) is 2.98. The molecule has 1 aromatic carbocycles. The van der Waals surface area contributed by atoms with Crippen LogP contribution in [0.15, 0.2) is 24.4 Å². The standard InChI is InChI=1S/C17H20ClFN4O2/c18-17-20-11-13(19)16(22-17)21-14-4-3-12(10-15(14)24)2-1-5-23-6-8-25-9-7-23/h3-4,10-11,24H,1-2,5-9H2,(H,20,21,22). The van der Waals surface area contributed by atoms with Crippen molar-refractivity contribution in [2.24, 2.45) is 0 Å². The predicted molar refractivity (Wildman–Crippen MR) is 94.0 cm³/mol. The molecule has 1 aliphatic heterocycles. The van der Waals surface area contributed by atoms with Gasteiger partial charge in [0.25, 0.3) is 0 Å². The molecule has 0 saturated carbocycles. The van der Waals surface area contributed by atoms with Gasteiger partial charge in [-0.3, -0.25) is 4.90 Å². The van der Waals surface area contributed by atoms with E-state index >= 15 is 0 Å². The molecule has 2 N–H and O–H groups in total. The second-order valence-corrected chi connectivity index (χ2v) is 6.21. The lowest BCUT2D eigenvalue weighted by Gasteiger charge is -2.26. The van der Waals surface area contributed by atoms with Gasteiger partial charge in [0.05, 0.1) is 25.1 Å². The van der Waals surface area contributed by atoms with Crippen molar-refractivity contribution in [3.05, 3.63) is 41.1 Å². The Morgan fingerprint density at radius 3 is 2.88 bits per heavy atom. The highest BCUT2D eigenvalue weighted by molar-refractivity contribution is 6.28. The maximum atomic E-state index is 13.7. The third kappa shape index (κ3) is 5.01. The minimum Gasteiger partial charge on any atom is -0.506 e. The minimum atomic E-state index is -0.640. The van der Waals surface area contributed by atoms with Crippen LogP contribution in [0.2, 0.25) is 5.28 Å². The van der Waals surface area contributed by atoms with E-state index in [4.69, 9.17) is 16.3 Å². The molecule has 134 valence electrons. The Balaban J connectivity index is 1.57. The number of halogens is 2.